The van der Waals surface area contributed by atoms with Gasteiger partial charge in [0, 0.05) is 28.9 Å². The molecule has 1 fully saturated rings. The minimum atomic E-state index is -4.83. The number of nitrogens with two attached hydrogens (primary N) is 1. The lowest BCUT2D eigenvalue weighted by atomic mass is 9.82. The van der Waals surface area contributed by atoms with Crippen LogP contribution < -0.4 is 16.4 Å². The van der Waals surface area contributed by atoms with Crippen molar-refractivity contribution in [2.75, 3.05) is 17.2 Å². The van der Waals surface area contributed by atoms with Crippen molar-refractivity contribution in [1.29, 1.82) is 0 Å². The molecule has 2 aromatic carbocycles. The highest BCUT2D eigenvalue weighted by molar-refractivity contribution is 7.86. The molecule has 36 heavy (non-hydrogen) atoms. The number of amides is 1. The lowest BCUT2D eigenvalue weighted by Gasteiger charge is -2.32. The molecule has 0 saturated heterocycles. The first-order valence-electron chi connectivity index (χ1n) is 11.0. The van der Waals surface area contributed by atoms with Crippen LogP contribution in [0.4, 0.5) is 11.4 Å². The van der Waals surface area contributed by atoms with E-state index in [0.29, 0.717) is 25.7 Å². The fourth-order valence-corrected chi connectivity index (χ4v) is 5.80. The number of anilines is 2. The fourth-order valence-electron chi connectivity index (χ4n) is 4.68. The van der Waals surface area contributed by atoms with Gasteiger partial charge < -0.3 is 26.2 Å². The first-order chi connectivity index (χ1) is 16.8. The first-order valence-corrected chi connectivity index (χ1v) is 14.2. The molecule has 0 aromatic heterocycles. The third-order valence-corrected chi connectivity index (χ3v) is 7.87. The summed E-state index contributed by atoms with van der Waals surface area (Å²) in [5.41, 5.74) is 5.34. The molecule has 14 heteroatoms. The molecule has 2 aromatic rings. The van der Waals surface area contributed by atoms with Gasteiger partial charge >= 0.3 is 7.60 Å². The molecule has 0 aliphatic heterocycles. The average Bonchev–Trinajstić information content (AvgIpc) is 2.77. The Kier molecular flexibility index (Phi) is 6.80. The zero-order valence-electron chi connectivity index (χ0n) is 18.8. The Bertz CT molecular complexity index is 1430. The summed E-state index contributed by atoms with van der Waals surface area (Å²) < 4.78 is 44.8. The molecule has 1 saturated carbocycles. The summed E-state index contributed by atoms with van der Waals surface area (Å²) in [4.78, 5) is 55.6. The fraction of sp³-hybridized carbons (Fsp3) is 0.318. The van der Waals surface area contributed by atoms with Crippen LogP contribution in [0.1, 0.15) is 57.5 Å². The molecule has 2 aliphatic rings. The van der Waals surface area contributed by atoms with E-state index < -0.39 is 51.9 Å². The Morgan fingerprint density at radius 3 is 2.06 bits per heavy atom. The monoisotopic (exact) mass is 537 g/mol. The predicted octanol–water partition coefficient (Wildman–Crippen LogP) is 1.31. The second-order valence-corrected chi connectivity index (χ2v) is 11.9. The maximum atomic E-state index is 13.3. The first kappa shape index (κ1) is 26.0. The van der Waals surface area contributed by atoms with Crippen molar-refractivity contribution in [2.24, 2.45) is 0 Å². The Balaban J connectivity index is 1.62. The molecule has 12 nitrogen and oxygen atoms in total. The summed E-state index contributed by atoms with van der Waals surface area (Å²) in [6.07, 6.45) is 0.907. The topological polar surface area (TPSA) is 213 Å². The van der Waals surface area contributed by atoms with Crippen LogP contribution in [0.3, 0.4) is 0 Å². The highest BCUT2D eigenvalue weighted by Gasteiger charge is 2.37. The number of nitrogen functional groups attached to an aromatic ring is 1. The van der Waals surface area contributed by atoms with Crippen molar-refractivity contribution in [2.45, 2.75) is 42.7 Å². The van der Waals surface area contributed by atoms with E-state index in [9.17, 15) is 31.9 Å². The molecule has 0 unspecified atom stereocenters. The Morgan fingerprint density at radius 2 is 1.53 bits per heavy atom. The molecule has 2 aliphatic carbocycles. The van der Waals surface area contributed by atoms with E-state index in [1.165, 1.54) is 12.1 Å². The normalized spacial score (nSPS) is 19.9. The number of carbonyl (C=O) groups is 3. The summed E-state index contributed by atoms with van der Waals surface area (Å²) in [6, 6.07) is 6.52. The van der Waals surface area contributed by atoms with E-state index in [0.717, 1.165) is 6.07 Å². The molecule has 0 heterocycles. The van der Waals surface area contributed by atoms with Gasteiger partial charge in [-0.05, 0) is 31.7 Å². The lowest BCUT2D eigenvalue weighted by Crippen LogP contribution is -2.41. The summed E-state index contributed by atoms with van der Waals surface area (Å²) >= 11 is 0. The largest absolute Gasteiger partial charge is 0.397 e. The zero-order chi connectivity index (χ0) is 26.4. The maximum absolute atomic E-state index is 13.3. The van der Waals surface area contributed by atoms with Crippen LogP contribution in [0.25, 0.3) is 0 Å². The number of fused-ring (bicyclic) bond motifs is 2. The van der Waals surface area contributed by atoms with Gasteiger partial charge in [-0.2, -0.15) is 8.42 Å². The van der Waals surface area contributed by atoms with Crippen molar-refractivity contribution in [3.63, 3.8) is 0 Å². The number of rotatable bonds is 6. The predicted molar refractivity (Wildman–Crippen MR) is 129 cm³/mol. The van der Waals surface area contributed by atoms with Gasteiger partial charge in [-0.15, -0.1) is 0 Å². The van der Waals surface area contributed by atoms with Gasteiger partial charge in [0.05, 0.1) is 16.8 Å². The average molecular weight is 537 g/mol. The summed E-state index contributed by atoms with van der Waals surface area (Å²) in [7, 11) is -9.30. The van der Waals surface area contributed by atoms with Gasteiger partial charge in [-0.1, -0.05) is 24.3 Å². The molecule has 0 atom stereocenters. The van der Waals surface area contributed by atoms with Crippen molar-refractivity contribution in [3.8, 4) is 0 Å². The Labute approximate surface area is 206 Å². The van der Waals surface area contributed by atoms with E-state index in [1.807, 2.05) is 0 Å². The van der Waals surface area contributed by atoms with Crippen molar-refractivity contribution in [3.05, 3.63) is 52.6 Å². The van der Waals surface area contributed by atoms with E-state index in [4.69, 9.17) is 15.5 Å². The van der Waals surface area contributed by atoms with Crippen LogP contribution in [0.5, 0.6) is 0 Å². The lowest BCUT2D eigenvalue weighted by molar-refractivity contribution is -0.119. The van der Waals surface area contributed by atoms with E-state index in [-0.39, 0.29) is 40.0 Å². The summed E-state index contributed by atoms with van der Waals surface area (Å²) in [5, 5.41) is 5.68. The van der Waals surface area contributed by atoms with Gasteiger partial charge in [0.25, 0.3) is 10.1 Å². The molecular formula is C22H24N3O9PS. The quantitative estimate of drug-likeness (QED) is 0.150. The number of carbonyl (C=O) groups excluding carboxylic acids is 3. The second-order valence-electron chi connectivity index (χ2n) is 8.85. The maximum Gasteiger partial charge on any atom is 0.334 e. The van der Waals surface area contributed by atoms with Crippen LogP contribution >= 0.6 is 7.60 Å². The summed E-state index contributed by atoms with van der Waals surface area (Å²) in [6.45, 7) is 0. The smallest absolute Gasteiger partial charge is 0.334 e. The highest BCUT2D eigenvalue weighted by Crippen LogP contribution is 2.40. The van der Waals surface area contributed by atoms with Crippen LogP contribution in [0.15, 0.2) is 35.2 Å². The number of hydrogen-bond donors (Lipinski definition) is 6. The molecule has 0 spiro atoms. The van der Waals surface area contributed by atoms with Crippen molar-refractivity contribution < 1.29 is 41.7 Å². The van der Waals surface area contributed by atoms with Gasteiger partial charge in [-0.3, -0.25) is 23.5 Å². The standard InChI is InChI=1S/C22H24N3O9PS/c23-20-16(36(32,33)34)9-15(18-19(20)22(28)14-4-2-1-3-13(14)21(18)27)24-11-5-7-12(8-6-11)25-17(26)10-35(29,30)31/h1-4,9,11-12,24H,5-8,10,23H2,(H,25,26)(H2,29,30,31)(H,32,33,34). The molecule has 1 amide bonds. The van der Waals surface area contributed by atoms with E-state index >= 15 is 0 Å². The molecule has 192 valence electrons. The van der Waals surface area contributed by atoms with E-state index in [1.54, 1.807) is 12.1 Å². The van der Waals surface area contributed by atoms with Gasteiger partial charge in [0.2, 0.25) is 5.91 Å². The van der Waals surface area contributed by atoms with Gasteiger partial charge in [0.1, 0.15) is 11.1 Å². The van der Waals surface area contributed by atoms with Crippen molar-refractivity contribution in [1.82, 2.24) is 5.32 Å². The van der Waals surface area contributed by atoms with Crippen LogP contribution in [-0.4, -0.2) is 58.5 Å². The zero-order valence-corrected chi connectivity index (χ0v) is 20.5. The molecule has 0 bridgehead atoms. The van der Waals surface area contributed by atoms with Gasteiger partial charge in [0.15, 0.2) is 11.6 Å². The number of benzene rings is 2. The second kappa shape index (κ2) is 9.41. The third kappa shape index (κ3) is 5.20. The SMILES string of the molecule is Nc1c(S(=O)(=O)O)cc(NC2CCC(NC(=O)CP(=O)(O)O)CC2)c2c1C(=O)c1ccccc1C2=O. The number of hydrogen-bond acceptors (Lipinski definition) is 8. The summed E-state index contributed by atoms with van der Waals surface area (Å²) in [5.74, 6) is -1.91. The highest BCUT2D eigenvalue weighted by atomic mass is 32.2. The molecule has 7 N–H and O–H groups in total. The van der Waals surface area contributed by atoms with Crippen LogP contribution in [0, 0.1) is 0 Å². The van der Waals surface area contributed by atoms with E-state index in [2.05, 4.69) is 10.6 Å². The minimum absolute atomic E-state index is 0.0358. The molecule has 4 rings (SSSR count). The van der Waals surface area contributed by atoms with Crippen molar-refractivity contribution >= 4 is 46.6 Å². The van der Waals surface area contributed by atoms with Crippen LogP contribution in [0.2, 0.25) is 0 Å². The Hall–Kier alpha value is -3.09. The van der Waals surface area contributed by atoms with Crippen LogP contribution in [-0.2, 0) is 19.5 Å². The number of ketones is 2. The number of nitrogens with one attached hydrogen (secondary N) is 2. The minimum Gasteiger partial charge on any atom is -0.397 e. The third-order valence-electron chi connectivity index (χ3n) is 6.28. The molecular weight excluding hydrogens is 513 g/mol. The molecule has 0 radical (unpaired) electrons. The Morgan fingerprint density at radius 1 is 1.00 bits per heavy atom. The van der Waals surface area contributed by atoms with Gasteiger partial charge in [-0.25, -0.2) is 0 Å².